The molecule has 76 valence electrons. The molecule has 0 bridgehead atoms. The van der Waals surface area contributed by atoms with Crippen LogP contribution in [0.4, 0.5) is 0 Å². The van der Waals surface area contributed by atoms with Crippen molar-refractivity contribution >= 4 is 11.5 Å². The fraction of sp³-hybridized carbons (Fsp3) is 0.364. The van der Waals surface area contributed by atoms with Crippen LogP contribution in [0.2, 0.25) is 0 Å². The lowest BCUT2D eigenvalue weighted by Gasteiger charge is -2.01. The molecule has 0 aliphatic rings. The number of carboxylic acid groups (broad SMARTS) is 1. The van der Waals surface area contributed by atoms with Crippen molar-refractivity contribution in [3.8, 4) is 0 Å². The van der Waals surface area contributed by atoms with Gasteiger partial charge >= 0.3 is 5.97 Å². The van der Waals surface area contributed by atoms with E-state index >= 15 is 0 Å². The van der Waals surface area contributed by atoms with Crippen molar-refractivity contribution < 1.29 is 9.90 Å². The van der Waals surface area contributed by atoms with Crippen molar-refractivity contribution in [3.05, 3.63) is 29.1 Å². The Labute approximate surface area is 83.7 Å². The Morgan fingerprint density at radius 3 is 2.43 bits per heavy atom. The Bertz CT molecular complexity index is 400. The van der Waals surface area contributed by atoms with Crippen LogP contribution in [0.3, 0.4) is 0 Å². The number of hydrogen-bond donors (Lipinski definition) is 1. The highest BCUT2D eigenvalue weighted by atomic mass is 16.4. The lowest BCUT2D eigenvalue weighted by molar-refractivity contribution is -0.131. The average Bonchev–Trinajstić information content (AvgIpc) is 2.32. The van der Waals surface area contributed by atoms with Crippen molar-refractivity contribution in [1.82, 2.24) is 4.57 Å². The summed E-state index contributed by atoms with van der Waals surface area (Å²) in [5.74, 6) is -0.900. The first kappa shape index (κ1) is 10.6. The zero-order valence-corrected chi connectivity index (χ0v) is 8.96. The monoisotopic (exact) mass is 193 g/mol. The van der Waals surface area contributed by atoms with E-state index in [1.807, 2.05) is 33.9 Å². The van der Waals surface area contributed by atoms with Crippen LogP contribution < -0.4 is 0 Å². The largest absolute Gasteiger partial charge is 0.478 e. The van der Waals surface area contributed by atoms with Gasteiger partial charge in [-0.15, -0.1) is 0 Å². The molecule has 0 amide bonds. The average molecular weight is 193 g/mol. The first-order chi connectivity index (χ1) is 6.43. The maximum Gasteiger partial charge on any atom is 0.328 e. The van der Waals surface area contributed by atoms with E-state index in [1.54, 1.807) is 0 Å². The third kappa shape index (κ3) is 1.87. The Balaban J connectivity index is 3.20. The normalized spacial score (nSPS) is 11.9. The molecule has 0 spiro atoms. The fourth-order valence-corrected chi connectivity index (χ4v) is 1.52. The van der Waals surface area contributed by atoms with Gasteiger partial charge in [-0.05, 0) is 38.0 Å². The molecule has 0 aliphatic heterocycles. The summed E-state index contributed by atoms with van der Waals surface area (Å²) < 4.78 is 2.05. The molecule has 0 aliphatic carbocycles. The van der Waals surface area contributed by atoms with Crippen molar-refractivity contribution in [2.75, 3.05) is 0 Å². The van der Waals surface area contributed by atoms with E-state index in [2.05, 4.69) is 4.57 Å². The van der Waals surface area contributed by atoms with Gasteiger partial charge in [-0.25, -0.2) is 4.79 Å². The predicted octanol–water partition coefficient (Wildman–Crippen LogP) is 2.13. The predicted molar refractivity (Wildman–Crippen MR) is 56.2 cm³/mol. The van der Waals surface area contributed by atoms with Gasteiger partial charge in [0.05, 0.1) is 0 Å². The number of aromatic nitrogens is 1. The van der Waals surface area contributed by atoms with Gasteiger partial charge < -0.3 is 9.67 Å². The van der Waals surface area contributed by atoms with E-state index in [0.717, 1.165) is 22.5 Å². The number of allylic oxidation sites excluding steroid dienone is 1. The molecular weight excluding hydrogens is 178 g/mol. The SMILES string of the molecule is C/C(=C/C(=O)O)c1cc(C)n(C)c1C. The third-order valence-corrected chi connectivity index (χ3v) is 2.54. The van der Waals surface area contributed by atoms with Gasteiger partial charge in [0.25, 0.3) is 0 Å². The van der Waals surface area contributed by atoms with Crippen LogP contribution in [-0.4, -0.2) is 15.6 Å². The maximum atomic E-state index is 10.5. The number of carbonyl (C=O) groups is 1. The summed E-state index contributed by atoms with van der Waals surface area (Å²) in [4.78, 5) is 10.5. The van der Waals surface area contributed by atoms with Crippen LogP contribution in [0.1, 0.15) is 23.9 Å². The molecule has 1 aromatic rings. The van der Waals surface area contributed by atoms with Crippen molar-refractivity contribution in [1.29, 1.82) is 0 Å². The number of aliphatic carboxylic acids is 1. The highest BCUT2D eigenvalue weighted by molar-refractivity contribution is 5.89. The first-order valence-electron chi connectivity index (χ1n) is 4.48. The highest BCUT2D eigenvalue weighted by Gasteiger charge is 2.08. The minimum Gasteiger partial charge on any atom is -0.478 e. The van der Waals surface area contributed by atoms with Crippen LogP contribution in [0.15, 0.2) is 12.1 Å². The second-order valence-corrected chi connectivity index (χ2v) is 3.51. The van der Waals surface area contributed by atoms with E-state index in [9.17, 15) is 4.79 Å². The summed E-state index contributed by atoms with van der Waals surface area (Å²) in [5.41, 5.74) is 4.03. The van der Waals surface area contributed by atoms with Crippen LogP contribution in [-0.2, 0) is 11.8 Å². The molecule has 1 N–H and O–H groups in total. The summed E-state index contributed by atoms with van der Waals surface area (Å²) in [6, 6.07) is 2.00. The Kier molecular flexibility index (Phi) is 2.79. The van der Waals surface area contributed by atoms with Gasteiger partial charge in [0.1, 0.15) is 0 Å². The van der Waals surface area contributed by atoms with Crippen LogP contribution in [0, 0.1) is 13.8 Å². The molecule has 0 fully saturated rings. The second kappa shape index (κ2) is 3.70. The molecule has 0 atom stereocenters. The molecule has 1 rings (SSSR count). The zero-order chi connectivity index (χ0) is 10.9. The summed E-state index contributed by atoms with van der Waals surface area (Å²) in [6.45, 7) is 5.81. The third-order valence-electron chi connectivity index (χ3n) is 2.54. The van der Waals surface area contributed by atoms with Gasteiger partial charge in [-0.1, -0.05) is 0 Å². The Hall–Kier alpha value is -1.51. The van der Waals surface area contributed by atoms with E-state index in [1.165, 1.54) is 6.08 Å². The number of aryl methyl sites for hydroxylation is 1. The number of carboxylic acids is 1. The van der Waals surface area contributed by atoms with Gasteiger partial charge in [0.2, 0.25) is 0 Å². The standard InChI is InChI=1S/C11H15NO2/c1-7(5-11(13)14)10-6-8(2)12(4)9(10)3/h5-6H,1-4H3,(H,13,14)/b7-5-. The van der Waals surface area contributed by atoms with Crippen molar-refractivity contribution in [2.45, 2.75) is 20.8 Å². The molecule has 0 unspecified atom stereocenters. The molecule has 0 saturated heterocycles. The molecular formula is C11H15NO2. The zero-order valence-electron chi connectivity index (χ0n) is 8.96. The smallest absolute Gasteiger partial charge is 0.328 e. The number of rotatable bonds is 2. The lowest BCUT2D eigenvalue weighted by Crippen LogP contribution is -1.94. The molecule has 14 heavy (non-hydrogen) atoms. The minimum atomic E-state index is -0.900. The quantitative estimate of drug-likeness (QED) is 0.731. The maximum absolute atomic E-state index is 10.5. The lowest BCUT2D eigenvalue weighted by atomic mass is 10.1. The molecule has 1 aromatic heterocycles. The topological polar surface area (TPSA) is 42.2 Å². The molecule has 3 nitrogen and oxygen atoms in total. The fourth-order valence-electron chi connectivity index (χ4n) is 1.52. The minimum absolute atomic E-state index is 0.790. The van der Waals surface area contributed by atoms with Gasteiger partial charge in [-0.3, -0.25) is 0 Å². The van der Waals surface area contributed by atoms with Crippen molar-refractivity contribution in [3.63, 3.8) is 0 Å². The van der Waals surface area contributed by atoms with Crippen LogP contribution in [0.25, 0.3) is 5.57 Å². The molecule has 3 heteroatoms. The van der Waals surface area contributed by atoms with E-state index in [4.69, 9.17) is 5.11 Å². The van der Waals surface area contributed by atoms with Crippen molar-refractivity contribution in [2.24, 2.45) is 7.05 Å². The Morgan fingerprint density at radius 2 is 2.07 bits per heavy atom. The number of hydrogen-bond acceptors (Lipinski definition) is 1. The molecule has 0 aromatic carbocycles. The highest BCUT2D eigenvalue weighted by Crippen LogP contribution is 2.21. The van der Waals surface area contributed by atoms with Gasteiger partial charge in [0.15, 0.2) is 0 Å². The van der Waals surface area contributed by atoms with Crippen LogP contribution in [0.5, 0.6) is 0 Å². The van der Waals surface area contributed by atoms with Gasteiger partial charge in [-0.2, -0.15) is 0 Å². The van der Waals surface area contributed by atoms with E-state index in [-0.39, 0.29) is 0 Å². The summed E-state index contributed by atoms with van der Waals surface area (Å²) in [6.07, 6.45) is 1.24. The van der Waals surface area contributed by atoms with Gasteiger partial charge in [0, 0.05) is 24.5 Å². The first-order valence-corrected chi connectivity index (χ1v) is 4.48. The molecule has 1 heterocycles. The molecule has 0 radical (unpaired) electrons. The summed E-state index contributed by atoms with van der Waals surface area (Å²) >= 11 is 0. The summed E-state index contributed by atoms with van der Waals surface area (Å²) in [5, 5.41) is 8.63. The summed E-state index contributed by atoms with van der Waals surface area (Å²) in [7, 11) is 1.97. The van der Waals surface area contributed by atoms with Crippen LogP contribution >= 0.6 is 0 Å². The Morgan fingerprint density at radius 1 is 1.50 bits per heavy atom. The molecule has 0 saturated carbocycles. The second-order valence-electron chi connectivity index (χ2n) is 3.51. The van der Waals surface area contributed by atoms with E-state index < -0.39 is 5.97 Å². The number of nitrogens with zero attached hydrogens (tertiary/aromatic N) is 1. The van der Waals surface area contributed by atoms with E-state index in [0.29, 0.717) is 0 Å².